The van der Waals surface area contributed by atoms with E-state index in [1.807, 2.05) is 0 Å². The zero-order chi connectivity index (χ0) is 20.7. The zero-order valence-electron chi connectivity index (χ0n) is 10.9. The van der Waals surface area contributed by atoms with Gasteiger partial charge >= 0.3 is 41.5 Å². The fourth-order valence-electron chi connectivity index (χ4n) is 1.80. The Hall–Kier alpha value is -1.06. The second-order valence-electron chi connectivity index (χ2n) is 5.14. The van der Waals surface area contributed by atoms with Gasteiger partial charge in [0.1, 0.15) is 0 Å². The van der Waals surface area contributed by atoms with Crippen LogP contribution in [0.4, 0.5) is 61.5 Å². The highest BCUT2D eigenvalue weighted by Gasteiger charge is 2.96. The first-order valence-electron chi connectivity index (χ1n) is 5.55. The number of hydrogen-bond donors (Lipinski definition) is 2. The van der Waals surface area contributed by atoms with E-state index in [9.17, 15) is 61.5 Å². The number of hydrogen-bond acceptors (Lipinski definition) is 2. The van der Waals surface area contributed by atoms with E-state index in [-0.39, 0.29) is 0 Å². The van der Waals surface area contributed by atoms with Gasteiger partial charge in [0.2, 0.25) is 5.79 Å². The van der Waals surface area contributed by atoms with Crippen molar-refractivity contribution in [2.45, 2.75) is 53.7 Å². The van der Waals surface area contributed by atoms with Gasteiger partial charge in [0.15, 0.2) is 0 Å². The molecule has 0 aromatic carbocycles. The SMILES string of the molecule is OC1(O)CC(F)(F)C(F)(F)C(F)(F)C(F)(F)C(F)(F)C(F)(F)C1(F)F. The quantitative estimate of drug-likeness (QED) is 0.474. The smallest absolute Gasteiger partial charge is 0.361 e. The van der Waals surface area contributed by atoms with Gasteiger partial charge in [-0.25, -0.2) is 0 Å². The summed E-state index contributed by atoms with van der Waals surface area (Å²) in [6.45, 7) is 0. The Balaban J connectivity index is 4.02. The standard InChI is InChI=1S/C9H4F14O2/c10-2(11)1-3(24,25)5(14,15)7(18,19)9(22,23)8(20,21)6(16,17)4(2,12)13/h24-25H,1H2. The second-order valence-corrected chi connectivity index (χ2v) is 5.14. The summed E-state index contributed by atoms with van der Waals surface area (Å²) in [5.41, 5.74) is 0. The molecule has 0 bridgehead atoms. The van der Waals surface area contributed by atoms with Crippen LogP contribution in [0.25, 0.3) is 0 Å². The van der Waals surface area contributed by atoms with Crippen molar-refractivity contribution < 1.29 is 71.7 Å². The minimum atomic E-state index is -8.17. The molecule has 2 N–H and O–H groups in total. The van der Waals surface area contributed by atoms with E-state index >= 15 is 0 Å². The molecule has 0 amide bonds. The van der Waals surface area contributed by atoms with E-state index in [4.69, 9.17) is 10.2 Å². The molecule has 1 aliphatic rings. The lowest BCUT2D eigenvalue weighted by Gasteiger charge is -2.41. The molecule has 0 saturated heterocycles. The lowest BCUT2D eigenvalue weighted by Crippen LogP contribution is -2.73. The molecule has 2 nitrogen and oxygen atoms in total. The third-order valence-corrected chi connectivity index (χ3v) is 3.40. The molecule has 0 atom stereocenters. The van der Waals surface area contributed by atoms with Gasteiger partial charge in [0.25, 0.3) is 0 Å². The van der Waals surface area contributed by atoms with Crippen molar-refractivity contribution in [3.63, 3.8) is 0 Å². The molecule has 0 spiro atoms. The van der Waals surface area contributed by atoms with Gasteiger partial charge in [-0.2, -0.15) is 61.5 Å². The molecule has 1 fully saturated rings. The first-order chi connectivity index (χ1) is 10.5. The van der Waals surface area contributed by atoms with E-state index in [0.717, 1.165) is 0 Å². The van der Waals surface area contributed by atoms with Crippen molar-refractivity contribution in [1.29, 1.82) is 0 Å². The van der Waals surface area contributed by atoms with E-state index < -0.39 is 53.7 Å². The minimum Gasteiger partial charge on any atom is -0.361 e. The van der Waals surface area contributed by atoms with Gasteiger partial charge in [-0.3, -0.25) is 0 Å². The van der Waals surface area contributed by atoms with Crippen molar-refractivity contribution >= 4 is 0 Å². The van der Waals surface area contributed by atoms with Crippen LogP contribution in [-0.4, -0.2) is 57.5 Å². The van der Waals surface area contributed by atoms with Gasteiger partial charge in [-0.1, -0.05) is 0 Å². The third-order valence-electron chi connectivity index (χ3n) is 3.40. The van der Waals surface area contributed by atoms with E-state index in [0.29, 0.717) is 0 Å². The summed E-state index contributed by atoms with van der Waals surface area (Å²) in [5.74, 6) is -60.4. The molecule has 1 rings (SSSR count). The molecule has 150 valence electrons. The van der Waals surface area contributed by atoms with Gasteiger partial charge in [0, 0.05) is 0 Å². The maximum atomic E-state index is 13.2. The molecule has 0 radical (unpaired) electrons. The van der Waals surface area contributed by atoms with E-state index in [1.54, 1.807) is 0 Å². The van der Waals surface area contributed by atoms with Crippen molar-refractivity contribution in [1.82, 2.24) is 0 Å². The molecule has 0 aromatic rings. The Bertz CT molecular complexity index is 503. The van der Waals surface area contributed by atoms with Gasteiger partial charge in [-0.15, -0.1) is 0 Å². The molecule has 0 unspecified atom stereocenters. The predicted molar refractivity (Wildman–Crippen MR) is 46.4 cm³/mol. The average molecular weight is 410 g/mol. The Morgan fingerprint density at radius 1 is 0.400 bits per heavy atom. The monoisotopic (exact) mass is 410 g/mol. The summed E-state index contributed by atoms with van der Waals surface area (Å²) in [4.78, 5) is 0. The molecule has 1 saturated carbocycles. The Morgan fingerprint density at radius 2 is 0.640 bits per heavy atom. The van der Waals surface area contributed by atoms with Gasteiger partial charge < -0.3 is 10.2 Å². The molecule has 16 heteroatoms. The molecule has 0 heterocycles. The van der Waals surface area contributed by atoms with Crippen LogP contribution in [0.15, 0.2) is 0 Å². The number of rotatable bonds is 0. The molecule has 1 aliphatic carbocycles. The summed E-state index contributed by atoms with van der Waals surface area (Å²) in [6.07, 6.45) is -4.10. The molecular weight excluding hydrogens is 406 g/mol. The Morgan fingerprint density at radius 3 is 0.960 bits per heavy atom. The summed E-state index contributed by atoms with van der Waals surface area (Å²) in [7, 11) is 0. The first kappa shape index (κ1) is 22.0. The largest absolute Gasteiger partial charge is 0.384 e. The van der Waals surface area contributed by atoms with E-state index in [2.05, 4.69) is 0 Å². The van der Waals surface area contributed by atoms with E-state index in [1.165, 1.54) is 0 Å². The van der Waals surface area contributed by atoms with Crippen LogP contribution in [0, 0.1) is 0 Å². The van der Waals surface area contributed by atoms with Crippen LogP contribution >= 0.6 is 0 Å². The van der Waals surface area contributed by atoms with Crippen LogP contribution in [0.2, 0.25) is 0 Å². The lowest BCUT2D eigenvalue weighted by molar-refractivity contribution is -0.446. The van der Waals surface area contributed by atoms with Crippen molar-refractivity contribution in [3.8, 4) is 0 Å². The van der Waals surface area contributed by atoms with Crippen molar-refractivity contribution in [2.24, 2.45) is 0 Å². The van der Waals surface area contributed by atoms with Crippen LogP contribution in [0.5, 0.6) is 0 Å². The first-order valence-corrected chi connectivity index (χ1v) is 5.55. The lowest BCUT2D eigenvalue weighted by atomic mass is 9.91. The topological polar surface area (TPSA) is 40.5 Å². The van der Waals surface area contributed by atoms with Crippen molar-refractivity contribution in [3.05, 3.63) is 0 Å². The zero-order valence-corrected chi connectivity index (χ0v) is 10.9. The Kier molecular flexibility index (Phi) is 4.22. The van der Waals surface area contributed by atoms with Crippen LogP contribution in [-0.2, 0) is 0 Å². The van der Waals surface area contributed by atoms with Crippen LogP contribution in [0.3, 0.4) is 0 Å². The molecule has 0 aliphatic heterocycles. The normalized spacial score (nSPS) is 33.6. The number of halogens is 14. The van der Waals surface area contributed by atoms with Gasteiger partial charge in [0.05, 0.1) is 6.42 Å². The summed E-state index contributed by atoms with van der Waals surface area (Å²) in [6, 6.07) is 0. The summed E-state index contributed by atoms with van der Waals surface area (Å²) in [5, 5.41) is 17.0. The Labute approximate surface area is 127 Å². The van der Waals surface area contributed by atoms with Crippen molar-refractivity contribution in [2.75, 3.05) is 0 Å². The summed E-state index contributed by atoms with van der Waals surface area (Å²) >= 11 is 0. The minimum absolute atomic E-state index is 4.10. The average Bonchev–Trinajstić information content (AvgIpc) is 2.34. The highest BCUT2D eigenvalue weighted by molar-refractivity contribution is 5.18. The number of alkyl halides is 14. The van der Waals surface area contributed by atoms with Crippen LogP contribution < -0.4 is 0 Å². The second kappa shape index (κ2) is 4.80. The highest BCUT2D eigenvalue weighted by Crippen LogP contribution is 2.66. The maximum Gasteiger partial charge on any atom is 0.384 e. The summed E-state index contributed by atoms with van der Waals surface area (Å²) < 4.78 is 183. The fourth-order valence-corrected chi connectivity index (χ4v) is 1.80. The maximum absolute atomic E-state index is 13.2. The number of aliphatic hydroxyl groups is 2. The van der Waals surface area contributed by atoms with Gasteiger partial charge in [-0.05, 0) is 0 Å². The molecule has 0 aromatic heterocycles. The fraction of sp³-hybridized carbons (Fsp3) is 1.00. The molecular formula is C9H4F14O2. The molecule has 25 heavy (non-hydrogen) atoms. The predicted octanol–water partition coefficient (Wildman–Crippen LogP) is 3.52. The van der Waals surface area contributed by atoms with Crippen LogP contribution in [0.1, 0.15) is 6.42 Å². The highest BCUT2D eigenvalue weighted by atomic mass is 19.4. The third kappa shape index (κ3) is 2.18.